The lowest BCUT2D eigenvalue weighted by Crippen LogP contribution is -2.42. The first kappa shape index (κ1) is 18.2. The summed E-state index contributed by atoms with van der Waals surface area (Å²) in [4.78, 5) is 12.9. The number of nitriles is 1. The third-order valence-corrected chi connectivity index (χ3v) is 6.18. The molecule has 2 atom stereocenters. The summed E-state index contributed by atoms with van der Waals surface area (Å²) < 4.78 is 15.7. The first-order chi connectivity index (χ1) is 13.0. The molecule has 2 unspecified atom stereocenters. The van der Waals surface area contributed by atoms with Crippen molar-refractivity contribution in [3.63, 3.8) is 0 Å². The Balaban J connectivity index is 1.59. The van der Waals surface area contributed by atoms with Gasteiger partial charge in [-0.25, -0.2) is 9.07 Å². The molecule has 2 saturated carbocycles. The maximum atomic E-state index is 13.2. The highest BCUT2D eigenvalue weighted by Crippen LogP contribution is 2.42. The van der Waals surface area contributed by atoms with Crippen molar-refractivity contribution in [1.29, 1.82) is 5.26 Å². The predicted octanol–water partition coefficient (Wildman–Crippen LogP) is 4.22. The van der Waals surface area contributed by atoms with Crippen LogP contribution in [-0.2, 0) is 4.79 Å². The molecule has 2 aromatic rings. The van der Waals surface area contributed by atoms with E-state index >= 15 is 0 Å². The summed E-state index contributed by atoms with van der Waals surface area (Å²) in [5, 5.41) is 16.9. The molecule has 1 heterocycles. The molecule has 1 aromatic heterocycles. The molecule has 27 heavy (non-hydrogen) atoms. The monoisotopic (exact) mass is 430 g/mol. The van der Waals surface area contributed by atoms with E-state index in [9.17, 15) is 14.4 Å². The van der Waals surface area contributed by atoms with Crippen LogP contribution in [0.5, 0.6) is 0 Å². The van der Waals surface area contributed by atoms with E-state index < -0.39 is 5.54 Å². The summed E-state index contributed by atoms with van der Waals surface area (Å²) in [6, 6.07) is 8.38. The summed E-state index contributed by atoms with van der Waals surface area (Å²) in [7, 11) is 0. The minimum atomic E-state index is -0.649. The van der Waals surface area contributed by atoms with Gasteiger partial charge in [-0.1, -0.05) is 12.8 Å². The number of halogens is 2. The van der Waals surface area contributed by atoms with Gasteiger partial charge in [0.05, 0.1) is 21.9 Å². The van der Waals surface area contributed by atoms with E-state index in [4.69, 9.17) is 5.10 Å². The van der Waals surface area contributed by atoms with Crippen molar-refractivity contribution in [2.75, 3.05) is 0 Å². The first-order valence-electron chi connectivity index (χ1n) is 9.26. The van der Waals surface area contributed by atoms with Gasteiger partial charge in [-0.2, -0.15) is 10.4 Å². The van der Waals surface area contributed by atoms with Crippen LogP contribution in [0.3, 0.4) is 0 Å². The molecule has 0 spiro atoms. The number of nitrogens with one attached hydrogen (secondary N) is 1. The normalized spacial score (nSPS) is 23.4. The fourth-order valence-electron chi connectivity index (χ4n) is 3.83. The summed E-state index contributed by atoms with van der Waals surface area (Å²) in [6.07, 6.45) is 7.05. The van der Waals surface area contributed by atoms with Gasteiger partial charge in [0.2, 0.25) is 5.91 Å². The maximum Gasteiger partial charge on any atom is 0.225 e. The number of nitrogens with zero attached hydrogens (tertiary/aromatic N) is 3. The molecule has 5 nitrogen and oxygen atoms in total. The molecule has 1 aromatic carbocycles. The lowest BCUT2D eigenvalue weighted by atomic mass is 9.77. The largest absolute Gasteiger partial charge is 0.338 e. The number of hydrogen-bond acceptors (Lipinski definition) is 3. The van der Waals surface area contributed by atoms with E-state index in [1.807, 2.05) is 6.20 Å². The highest BCUT2D eigenvalue weighted by molar-refractivity contribution is 9.10. The molecule has 0 bridgehead atoms. The van der Waals surface area contributed by atoms with Gasteiger partial charge >= 0.3 is 0 Å². The molecule has 7 heteroatoms. The summed E-state index contributed by atoms with van der Waals surface area (Å²) in [6.45, 7) is 0. The Kier molecular flexibility index (Phi) is 4.77. The third kappa shape index (κ3) is 3.63. The van der Waals surface area contributed by atoms with E-state index in [1.54, 1.807) is 16.8 Å². The smallest absolute Gasteiger partial charge is 0.225 e. The topological polar surface area (TPSA) is 70.7 Å². The van der Waals surface area contributed by atoms with Gasteiger partial charge in [-0.15, -0.1) is 0 Å². The second-order valence-corrected chi connectivity index (χ2v) is 8.32. The molecule has 0 saturated heterocycles. The minimum Gasteiger partial charge on any atom is -0.338 e. The van der Waals surface area contributed by atoms with Gasteiger partial charge in [0.25, 0.3) is 0 Å². The van der Waals surface area contributed by atoms with Crippen molar-refractivity contribution in [3.8, 4) is 11.8 Å². The van der Waals surface area contributed by atoms with Gasteiger partial charge in [0.1, 0.15) is 11.4 Å². The molecule has 140 valence electrons. The highest BCUT2D eigenvalue weighted by atomic mass is 79.9. The van der Waals surface area contributed by atoms with E-state index in [1.165, 1.54) is 12.1 Å². The SMILES string of the molecule is N#CC1(NC(=O)C2CCCCC2c2nn(-c3ccc(F)cc3)cc2Br)CC1. The van der Waals surface area contributed by atoms with Crippen LogP contribution in [-0.4, -0.2) is 21.2 Å². The Morgan fingerprint density at radius 3 is 2.67 bits per heavy atom. The van der Waals surface area contributed by atoms with Gasteiger partial charge in [0, 0.05) is 18.0 Å². The second-order valence-electron chi connectivity index (χ2n) is 7.46. The average molecular weight is 431 g/mol. The van der Waals surface area contributed by atoms with Crippen molar-refractivity contribution in [2.45, 2.75) is 50.0 Å². The van der Waals surface area contributed by atoms with Crippen molar-refractivity contribution in [2.24, 2.45) is 5.92 Å². The Morgan fingerprint density at radius 1 is 1.30 bits per heavy atom. The quantitative estimate of drug-likeness (QED) is 0.788. The predicted molar refractivity (Wildman–Crippen MR) is 102 cm³/mol. The molecular weight excluding hydrogens is 411 g/mol. The summed E-state index contributed by atoms with van der Waals surface area (Å²) in [5.41, 5.74) is 0.964. The molecular formula is C20H20BrFN4O. The van der Waals surface area contributed by atoms with E-state index in [-0.39, 0.29) is 23.6 Å². The van der Waals surface area contributed by atoms with Crippen molar-refractivity contribution >= 4 is 21.8 Å². The zero-order chi connectivity index (χ0) is 19.0. The fourth-order valence-corrected chi connectivity index (χ4v) is 4.40. The standard InChI is InChI=1S/C20H20BrFN4O/c21-17-11-26(14-7-5-13(22)6-8-14)25-18(17)15-3-1-2-4-16(15)19(27)24-20(12-23)9-10-20/h5-8,11,15-16H,1-4,9-10H2,(H,24,27). The van der Waals surface area contributed by atoms with Gasteiger partial charge in [-0.05, 0) is 65.9 Å². The molecule has 1 N–H and O–H groups in total. The molecule has 4 rings (SSSR count). The lowest BCUT2D eigenvalue weighted by molar-refractivity contribution is -0.127. The van der Waals surface area contributed by atoms with Crippen LogP contribution in [0.1, 0.15) is 50.1 Å². The second kappa shape index (κ2) is 7.08. The van der Waals surface area contributed by atoms with Crippen LogP contribution in [0.4, 0.5) is 4.39 Å². The third-order valence-electron chi connectivity index (χ3n) is 5.57. The maximum absolute atomic E-state index is 13.2. The van der Waals surface area contributed by atoms with Crippen LogP contribution in [0.25, 0.3) is 5.69 Å². The van der Waals surface area contributed by atoms with Gasteiger partial charge < -0.3 is 5.32 Å². The fraction of sp³-hybridized carbons (Fsp3) is 0.450. The highest BCUT2D eigenvalue weighted by Gasteiger charge is 2.47. The Hall–Kier alpha value is -2.20. The molecule has 1 amide bonds. The number of rotatable bonds is 4. The number of carbonyl (C=O) groups excluding carboxylic acids is 1. The van der Waals surface area contributed by atoms with Crippen molar-refractivity contribution in [3.05, 3.63) is 46.4 Å². The molecule has 2 aliphatic rings. The number of benzene rings is 1. The van der Waals surface area contributed by atoms with Crippen LogP contribution in [0, 0.1) is 23.1 Å². The number of hydrogen-bond donors (Lipinski definition) is 1. The van der Waals surface area contributed by atoms with Crippen LogP contribution >= 0.6 is 15.9 Å². The van der Waals surface area contributed by atoms with E-state index in [2.05, 4.69) is 27.3 Å². The molecule has 0 radical (unpaired) electrons. The van der Waals surface area contributed by atoms with E-state index in [0.717, 1.165) is 54.4 Å². The molecule has 2 aliphatic carbocycles. The average Bonchev–Trinajstić information content (AvgIpc) is 3.35. The molecule has 2 fully saturated rings. The lowest BCUT2D eigenvalue weighted by Gasteiger charge is -2.30. The zero-order valence-corrected chi connectivity index (χ0v) is 16.4. The van der Waals surface area contributed by atoms with Crippen LogP contribution in [0.15, 0.2) is 34.9 Å². The van der Waals surface area contributed by atoms with Crippen molar-refractivity contribution in [1.82, 2.24) is 15.1 Å². The number of carbonyl (C=O) groups is 1. The number of amides is 1. The first-order valence-corrected chi connectivity index (χ1v) is 10.0. The van der Waals surface area contributed by atoms with E-state index in [0.29, 0.717) is 0 Å². The zero-order valence-electron chi connectivity index (χ0n) is 14.8. The molecule has 0 aliphatic heterocycles. The van der Waals surface area contributed by atoms with Crippen molar-refractivity contribution < 1.29 is 9.18 Å². The Morgan fingerprint density at radius 2 is 2.00 bits per heavy atom. The van der Waals surface area contributed by atoms with Crippen LogP contribution in [0.2, 0.25) is 0 Å². The van der Waals surface area contributed by atoms with Gasteiger partial charge in [-0.3, -0.25) is 4.79 Å². The number of aromatic nitrogens is 2. The summed E-state index contributed by atoms with van der Waals surface area (Å²) in [5.74, 6) is -0.510. The summed E-state index contributed by atoms with van der Waals surface area (Å²) >= 11 is 3.59. The van der Waals surface area contributed by atoms with Gasteiger partial charge in [0.15, 0.2) is 0 Å². The van der Waals surface area contributed by atoms with Crippen LogP contribution < -0.4 is 5.32 Å². The Labute approximate surface area is 165 Å². The minimum absolute atomic E-state index is 0.00400. The Bertz CT molecular complexity index is 898.